The summed E-state index contributed by atoms with van der Waals surface area (Å²) in [5, 5.41) is 14.3. The maximum Gasteiger partial charge on any atom is 0.326 e. The fraction of sp³-hybridized carbons (Fsp3) is 0.375. The van der Waals surface area contributed by atoms with Crippen molar-refractivity contribution in [3.63, 3.8) is 0 Å². The van der Waals surface area contributed by atoms with E-state index >= 15 is 0 Å². The Balaban J connectivity index is 1.98. The van der Waals surface area contributed by atoms with Crippen molar-refractivity contribution in [3.05, 3.63) is 35.6 Å². The molecule has 0 aliphatic rings. The number of carboxylic acids is 1. The third-order valence-corrected chi connectivity index (χ3v) is 4.08. The molecule has 0 fully saturated rings. The molecular formula is C16H19N3O3S. The van der Waals surface area contributed by atoms with Crippen LogP contribution in [0.1, 0.15) is 26.0 Å². The number of hydrogen-bond donors (Lipinski definition) is 2. The quantitative estimate of drug-likeness (QED) is 0.811. The third kappa shape index (κ3) is 5.14. The molecule has 0 aliphatic heterocycles. The van der Waals surface area contributed by atoms with Gasteiger partial charge in [-0.3, -0.25) is 9.78 Å². The van der Waals surface area contributed by atoms with Crippen LogP contribution in [0, 0.1) is 5.92 Å². The van der Waals surface area contributed by atoms with E-state index in [1.54, 1.807) is 17.8 Å². The summed E-state index contributed by atoms with van der Waals surface area (Å²) in [4.78, 5) is 31.7. The Hall–Kier alpha value is -2.28. The molecule has 0 aromatic carbocycles. The number of aromatic nitrogens is 2. The Labute approximate surface area is 138 Å². The van der Waals surface area contributed by atoms with Crippen molar-refractivity contribution in [2.45, 2.75) is 32.7 Å². The molecule has 0 saturated carbocycles. The van der Waals surface area contributed by atoms with Gasteiger partial charge in [0.15, 0.2) is 0 Å². The second-order valence-electron chi connectivity index (χ2n) is 5.65. The van der Waals surface area contributed by atoms with Gasteiger partial charge >= 0.3 is 5.97 Å². The summed E-state index contributed by atoms with van der Waals surface area (Å²) >= 11 is 1.43. The Kier molecular flexibility index (Phi) is 5.81. The summed E-state index contributed by atoms with van der Waals surface area (Å²) in [6.07, 6.45) is 3.87. The van der Waals surface area contributed by atoms with Gasteiger partial charge in [-0.15, -0.1) is 11.3 Å². The number of nitrogens with zero attached hydrogens (tertiary/aromatic N) is 2. The molecule has 0 unspecified atom stereocenters. The molecule has 0 aliphatic carbocycles. The predicted molar refractivity (Wildman–Crippen MR) is 88.1 cm³/mol. The van der Waals surface area contributed by atoms with Crippen LogP contribution >= 0.6 is 11.3 Å². The van der Waals surface area contributed by atoms with E-state index in [0.29, 0.717) is 12.1 Å². The van der Waals surface area contributed by atoms with Gasteiger partial charge in [0.2, 0.25) is 5.91 Å². The van der Waals surface area contributed by atoms with Gasteiger partial charge in [0.1, 0.15) is 11.0 Å². The molecule has 2 N–H and O–H groups in total. The molecule has 6 nitrogen and oxygen atoms in total. The average Bonchev–Trinajstić information content (AvgIpc) is 2.95. The zero-order chi connectivity index (χ0) is 16.8. The molecule has 0 bridgehead atoms. The first-order chi connectivity index (χ1) is 11.0. The number of carbonyl (C=O) groups is 2. The highest BCUT2D eigenvalue weighted by molar-refractivity contribution is 7.13. The van der Waals surface area contributed by atoms with E-state index in [-0.39, 0.29) is 18.2 Å². The molecule has 1 amide bonds. The second-order valence-corrected chi connectivity index (χ2v) is 6.51. The number of hydrogen-bond acceptors (Lipinski definition) is 5. The summed E-state index contributed by atoms with van der Waals surface area (Å²) < 4.78 is 0. The molecule has 0 radical (unpaired) electrons. The minimum absolute atomic E-state index is 0.0681. The number of amides is 1. The molecular weight excluding hydrogens is 314 g/mol. The van der Waals surface area contributed by atoms with Gasteiger partial charge in [-0.2, -0.15) is 0 Å². The molecule has 2 aromatic rings. The normalized spacial score (nSPS) is 12.1. The lowest BCUT2D eigenvalue weighted by Crippen LogP contribution is -2.42. The number of nitrogens with one attached hydrogen (secondary N) is 1. The van der Waals surface area contributed by atoms with Crippen molar-refractivity contribution in [2.75, 3.05) is 0 Å². The van der Waals surface area contributed by atoms with E-state index in [2.05, 4.69) is 15.3 Å². The zero-order valence-corrected chi connectivity index (χ0v) is 13.8. The van der Waals surface area contributed by atoms with Gasteiger partial charge < -0.3 is 10.4 Å². The maximum absolute atomic E-state index is 12.0. The number of rotatable bonds is 7. The highest BCUT2D eigenvalue weighted by atomic mass is 32.1. The number of carboxylic acid groups (broad SMARTS) is 1. The SMILES string of the molecule is CC(C)C[C@H](NC(=O)Cc1csc(-c2cccnc2)n1)C(=O)O. The van der Waals surface area contributed by atoms with Crippen LogP contribution in [0.15, 0.2) is 29.9 Å². The van der Waals surface area contributed by atoms with Crippen molar-refractivity contribution in [3.8, 4) is 10.6 Å². The van der Waals surface area contributed by atoms with Crippen LogP contribution in [0.3, 0.4) is 0 Å². The van der Waals surface area contributed by atoms with Crippen LogP contribution in [-0.4, -0.2) is 33.0 Å². The fourth-order valence-corrected chi connectivity index (χ4v) is 2.92. The highest BCUT2D eigenvalue weighted by Gasteiger charge is 2.21. The first-order valence-electron chi connectivity index (χ1n) is 7.32. The summed E-state index contributed by atoms with van der Waals surface area (Å²) in [5.74, 6) is -1.16. The average molecular weight is 333 g/mol. The van der Waals surface area contributed by atoms with Crippen molar-refractivity contribution in [1.82, 2.24) is 15.3 Å². The largest absolute Gasteiger partial charge is 0.480 e. The van der Waals surface area contributed by atoms with Gasteiger partial charge in [-0.25, -0.2) is 9.78 Å². The monoisotopic (exact) mass is 333 g/mol. The molecule has 7 heteroatoms. The van der Waals surface area contributed by atoms with E-state index in [1.807, 2.05) is 26.0 Å². The maximum atomic E-state index is 12.0. The molecule has 0 saturated heterocycles. The van der Waals surface area contributed by atoms with E-state index in [4.69, 9.17) is 5.11 Å². The van der Waals surface area contributed by atoms with Crippen molar-refractivity contribution in [1.29, 1.82) is 0 Å². The van der Waals surface area contributed by atoms with E-state index in [9.17, 15) is 9.59 Å². The van der Waals surface area contributed by atoms with Gasteiger partial charge in [0.05, 0.1) is 12.1 Å². The summed E-state index contributed by atoms with van der Waals surface area (Å²) in [6.45, 7) is 3.84. The topological polar surface area (TPSA) is 92.2 Å². The molecule has 122 valence electrons. The van der Waals surface area contributed by atoms with Crippen LogP contribution in [-0.2, 0) is 16.0 Å². The lowest BCUT2D eigenvalue weighted by Gasteiger charge is -2.16. The Morgan fingerprint density at radius 3 is 2.78 bits per heavy atom. The van der Waals surface area contributed by atoms with Crippen molar-refractivity contribution < 1.29 is 14.7 Å². The van der Waals surface area contributed by atoms with E-state index < -0.39 is 12.0 Å². The van der Waals surface area contributed by atoms with E-state index in [1.165, 1.54) is 11.3 Å². The molecule has 2 aromatic heterocycles. The van der Waals surface area contributed by atoms with Crippen molar-refractivity contribution >= 4 is 23.2 Å². The molecule has 23 heavy (non-hydrogen) atoms. The molecule has 0 spiro atoms. The highest BCUT2D eigenvalue weighted by Crippen LogP contribution is 2.22. The van der Waals surface area contributed by atoms with Crippen LogP contribution in [0.25, 0.3) is 10.6 Å². The number of pyridine rings is 1. The molecule has 2 heterocycles. The molecule has 1 atom stereocenters. The van der Waals surface area contributed by atoms with Gasteiger partial charge in [-0.1, -0.05) is 13.8 Å². The number of aliphatic carboxylic acids is 1. The predicted octanol–water partition coefficient (Wildman–Crippen LogP) is 2.36. The minimum Gasteiger partial charge on any atom is -0.480 e. The minimum atomic E-state index is -1.01. The standard InChI is InChI=1S/C16H19N3O3S/c1-10(2)6-13(16(21)22)19-14(20)7-12-9-23-15(18-12)11-4-3-5-17-8-11/h3-5,8-10,13H,6-7H2,1-2H3,(H,19,20)(H,21,22)/t13-/m0/s1. The number of thiazole rings is 1. The Morgan fingerprint density at radius 1 is 1.39 bits per heavy atom. The lowest BCUT2D eigenvalue weighted by molar-refractivity contribution is -0.142. The Morgan fingerprint density at radius 2 is 2.17 bits per heavy atom. The van der Waals surface area contributed by atoms with Crippen LogP contribution < -0.4 is 5.32 Å². The van der Waals surface area contributed by atoms with E-state index in [0.717, 1.165) is 10.6 Å². The van der Waals surface area contributed by atoms with Gasteiger partial charge in [0, 0.05) is 23.3 Å². The zero-order valence-electron chi connectivity index (χ0n) is 13.0. The van der Waals surface area contributed by atoms with Crippen molar-refractivity contribution in [2.24, 2.45) is 5.92 Å². The second kappa shape index (κ2) is 7.82. The third-order valence-electron chi connectivity index (χ3n) is 3.14. The van der Waals surface area contributed by atoms with Crippen LogP contribution in [0.2, 0.25) is 0 Å². The van der Waals surface area contributed by atoms with Gasteiger partial charge in [0.25, 0.3) is 0 Å². The fourth-order valence-electron chi connectivity index (χ4n) is 2.11. The van der Waals surface area contributed by atoms with Gasteiger partial charge in [-0.05, 0) is 24.5 Å². The first kappa shape index (κ1) is 17.1. The molecule has 2 rings (SSSR count). The summed E-state index contributed by atoms with van der Waals surface area (Å²) in [7, 11) is 0. The summed E-state index contributed by atoms with van der Waals surface area (Å²) in [6, 6.07) is 2.87. The first-order valence-corrected chi connectivity index (χ1v) is 8.20. The number of carbonyl (C=O) groups excluding carboxylic acids is 1. The summed E-state index contributed by atoms with van der Waals surface area (Å²) in [5.41, 5.74) is 1.52. The lowest BCUT2D eigenvalue weighted by atomic mass is 10.0. The smallest absolute Gasteiger partial charge is 0.326 e. The van der Waals surface area contributed by atoms with Crippen LogP contribution in [0.4, 0.5) is 0 Å². The Bertz CT molecular complexity index is 670. The van der Waals surface area contributed by atoms with Crippen LogP contribution in [0.5, 0.6) is 0 Å².